The number of hydrogen-bond donors (Lipinski definition) is 6. The van der Waals surface area contributed by atoms with Gasteiger partial charge in [-0.05, 0) is 13.5 Å². The minimum Gasteiger partial charge on any atom is -0.394 e. The molecule has 0 rings (SSSR count). The number of hydrogen-bond acceptors (Lipinski definition) is 7. The Hall–Kier alpha value is -0.280. The van der Waals surface area contributed by atoms with Gasteiger partial charge in [0.2, 0.25) is 0 Å². The number of unbranched alkanes of at least 4 members (excludes halogenated alkanes) is 7. The molecule has 0 saturated carbocycles. The zero-order chi connectivity index (χ0) is 19.9. The van der Waals surface area contributed by atoms with Gasteiger partial charge in [-0.15, -0.1) is 0 Å². The molecule has 26 heavy (non-hydrogen) atoms. The fourth-order valence-corrected chi connectivity index (χ4v) is 3.03. The maximum Gasteiger partial charge on any atom is 0.111 e. The summed E-state index contributed by atoms with van der Waals surface area (Å²) in [5, 5.41) is 57.4. The fourth-order valence-electron chi connectivity index (χ4n) is 3.03. The van der Waals surface area contributed by atoms with Gasteiger partial charge >= 0.3 is 0 Å². The molecule has 7 heteroatoms. The summed E-state index contributed by atoms with van der Waals surface area (Å²) in [4.78, 5) is 1.68. The Morgan fingerprint density at radius 2 is 1.19 bits per heavy atom. The van der Waals surface area contributed by atoms with E-state index in [-0.39, 0.29) is 6.54 Å². The monoisotopic (exact) mass is 379 g/mol. The average molecular weight is 380 g/mol. The second-order valence-corrected chi connectivity index (χ2v) is 7.44. The average Bonchev–Trinajstić information content (AvgIpc) is 2.61. The summed E-state index contributed by atoms with van der Waals surface area (Å²) >= 11 is 0. The molecule has 5 unspecified atom stereocenters. The predicted molar refractivity (Wildman–Crippen MR) is 102 cm³/mol. The maximum absolute atomic E-state index is 10.1. The molecule has 0 bridgehead atoms. The van der Waals surface area contributed by atoms with E-state index in [2.05, 4.69) is 6.92 Å². The maximum atomic E-state index is 10.1. The highest BCUT2D eigenvalue weighted by molar-refractivity contribution is 4.82. The van der Waals surface area contributed by atoms with Crippen molar-refractivity contribution in [3.8, 4) is 0 Å². The first kappa shape index (κ1) is 25.7. The molecule has 0 aromatic heterocycles. The van der Waals surface area contributed by atoms with E-state index in [9.17, 15) is 25.5 Å². The van der Waals surface area contributed by atoms with Crippen LogP contribution in [0.4, 0.5) is 0 Å². The largest absolute Gasteiger partial charge is 0.394 e. The predicted octanol–water partition coefficient (Wildman–Crippen LogP) is 0.246. The van der Waals surface area contributed by atoms with Crippen LogP contribution in [0.5, 0.6) is 0 Å². The first-order chi connectivity index (χ1) is 12.3. The molecule has 7 nitrogen and oxygen atoms in total. The quantitative estimate of drug-likeness (QED) is 0.200. The van der Waals surface area contributed by atoms with Gasteiger partial charge in [-0.1, -0.05) is 58.3 Å². The van der Waals surface area contributed by atoms with Gasteiger partial charge in [-0.3, -0.25) is 0 Å². The SMILES string of the molecule is CCCCCCCCCCC(O)CN(C)CC(O)C(O)C(O)C(O)CO. The van der Waals surface area contributed by atoms with Crippen LogP contribution < -0.4 is 0 Å². The van der Waals surface area contributed by atoms with Crippen LogP contribution in [0, 0.1) is 0 Å². The first-order valence-electron chi connectivity index (χ1n) is 10.0. The summed E-state index contributed by atoms with van der Waals surface area (Å²) in [7, 11) is 1.71. The Labute approximate surface area is 158 Å². The highest BCUT2D eigenvalue weighted by Gasteiger charge is 2.30. The van der Waals surface area contributed by atoms with E-state index in [4.69, 9.17) is 5.11 Å². The van der Waals surface area contributed by atoms with Gasteiger partial charge < -0.3 is 35.5 Å². The number of aliphatic hydroxyl groups is 6. The molecule has 0 aromatic rings. The third-order valence-corrected chi connectivity index (χ3v) is 4.74. The van der Waals surface area contributed by atoms with Crippen molar-refractivity contribution in [3.05, 3.63) is 0 Å². The molecule has 0 radical (unpaired) electrons. The molecule has 0 aromatic carbocycles. The van der Waals surface area contributed by atoms with Crippen LogP contribution >= 0.6 is 0 Å². The van der Waals surface area contributed by atoms with Crippen molar-refractivity contribution in [2.24, 2.45) is 0 Å². The van der Waals surface area contributed by atoms with Crippen molar-refractivity contribution in [2.75, 3.05) is 26.7 Å². The molecule has 6 N–H and O–H groups in total. The number of likely N-dealkylation sites (N-methyl/N-ethyl adjacent to an activating group) is 1. The summed E-state index contributed by atoms with van der Waals surface area (Å²) in [5.74, 6) is 0. The third kappa shape index (κ3) is 12.2. The van der Waals surface area contributed by atoms with E-state index in [0.717, 1.165) is 12.8 Å². The lowest BCUT2D eigenvalue weighted by Gasteiger charge is -2.29. The van der Waals surface area contributed by atoms with Crippen molar-refractivity contribution >= 4 is 0 Å². The minimum atomic E-state index is -1.62. The molecule has 158 valence electrons. The summed E-state index contributed by atoms with van der Waals surface area (Å²) in [6.07, 6.45) is 3.91. The molecule has 0 spiro atoms. The van der Waals surface area contributed by atoms with Crippen molar-refractivity contribution in [1.82, 2.24) is 4.90 Å². The van der Waals surface area contributed by atoms with Gasteiger partial charge in [0, 0.05) is 13.1 Å². The molecule has 0 aliphatic heterocycles. The molecule has 0 amide bonds. The van der Waals surface area contributed by atoms with E-state index < -0.39 is 37.1 Å². The summed E-state index contributed by atoms with van der Waals surface area (Å²) in [5.41, 5.74) is 0. The van der Waals surface area contributed by atoms with E-state index in [1.807, 2.05) is 0 Å². The van der Waals surface area contributed by atoms with Crippen molar-refractivity contribution in [2.45, 2.75) is 95.2 Å². The first-order valence-corrected chi connectivity index (χ1v) is 10.0. The molecule has 0 aliphatic carbocycles. The van der Waals surface area contributed by atoms with Crippen LogP contribution in [0.1, 0.15) is 64.7 Å². The lowest BCUT2D eigenvalue weighted by molar-refractivity contribution is -0.119. The van der Waals surface area contributed by atoms with Crippen LogP contribution in [0.25, 0.3) is 0 Å². The van der Waals surface area contributed by atoms with E-state index in [0.29, 0.717) is 13.0 Å². The summed E-state index contributed by atoms with van der Waals surface area (Å²) in [6.45, 7) is 1.92. The second-order valence-electron chi connectivity index (χ2n) is 7.44. The van der Waals surface area contributed by atoms with Crippen LogP contribution in [-0.2, 0) is 0 Å². The Bertz CT molecular complexity index is 320. The van der Waals surface area contributed by atoms with Crippen LogP contribution in [0.2, 0.25) is 0 Å². The van der Waals surface area contributed by atoms with E-state index in [1.165, 1.54) is 38.5 Å². The van der Waals surface area contributed by atoms with Crippen LogP contribution in [0.3, 0.4) is 0 Å². The second kappa shape index (κ2) is 15.7. The third-order valence-electron chi connectivity index (χ3n) is 4.74. The zero-order valence-corrected chi connectivity index (χ0v) is 16.5. The normalized spacial score (nSPS) is 17.9. The number of nitrogens with zero attached hydrogens (tertiary/aromatic N) is 1. The fraction of sp³-hybridized carbons (Fsp3) is 1.00. The van der Waals surface area contributed by atoms with Gasteiger partial charge in [0.05, 0.1) is 18.8 Å². The smallest absolute Gasteiger partial charge is 0.111 e. The number of aliphatic hydroxyl groups excluding tert-OH is 6. The van der Waals surface area contributed by atoms with Gasteiger partial charge in [0.15, 0.2) is 0 Å². The van der Waals surface area contributed by atoms with Gasteiger partial charge in [-0.25, -0.2) is 0 Å². The molecule has 0 fully saturated rings. The molecular formula is C19H41NO6. The van der Waals surface area contributed by atoms with Crippen molar-refractivity contribution in [3.63, 3.8) is 0 Å². The Morgan fingerprint density at radius 1 is 0.692 bits per heavy atom. The van der Waals surface area contributed by atoms with E-state index >= 15 is 0 Å². The van der Waals surface area contributed by atoms with Crippen molar-refractivity contribution < 1.29 is 30.6 Å². The zero-order valence-electron chi connectivity index (χ0n) is 16.5. The van der Waals surface area contributed by atoms with Gasteiger partial charge in [0.1, 0.15) is 18.3 Å². The lowest BCUT2D eigenvalue weighted by Crippen LogP contribution is -2.49. The Morgan fingerprint density at radius 3 is 1.73 bits per heavy atom. The van der Waals surface area contributed by atoms with Gasteiger partial charge in [-0.2, -0.15) is 0 Å². The van der Waals surface area contributed by atoms with Crippen LogP contribution in [0.15, 0.2) is 0 Å². The van der Waals surface area contributed by atoms with Crippen molar-refractivity contribution in [1.29, 1.82) is 0 Å². The Kier molecular flexibility index (Phi) is 15.6. The highest BCUT2D eigenvalue weighted by Crippen LogP contribution is 2.12. The summed E-state index contributed by atoms with van der Waals surface area (Å²) < 4.78 is 0. The topological polar surface area (TPSA) is 125 Å². The highest BCUT2D eigenvalue weighted by atomic mass is 16.4. The van der Waals surface area contributed by atoms with E-state index in [1.54, 1.807) is 11.9 Å². The molecule has 0 aliphatic rings. The lowest BCUT2D eigenvalue weighted by atomic mass is 10.0. The van der Waals surface area contributed by atoms with Gasteiger partial charge in [0.25, 0.3) is 0 Å². The summed E-state index contributed by atoms with van der Waals surface area (Å²) in [6, 6.07) is 0. The minimum absolute atomic E-state index is 0.0465. The molecule has 0 saturated heterocycles. The standard InChI is InChI=1S/C19H41NO6/c1-3-4-5-6-7-8-9-10-11-15(22)12-20(2)13-16(23)18(25)19(26)17(24)14-21/h15-19,21-26H,3-14H2,1-2H3. The molecule has 0 heterocycles. The molecular weight excluding hydrogens is 338 g/mol. The molecule has 5 atom stereocenters. The van der Waals surface area contributed by atoms with Crippen LogP contribution in [-0.4, -0.2) is 92.8 Å². The number of rotatable bonds is 17. The Balaban J connectivity index is 3.85.